The molecule has 0 heterocycles. The zero-order valence-corrected chi connectivity index (χ0v) is 13.1. The number of hydrogen-bond acceptors (Lipinski definition) is 2. The Morgan fingerprint density at radius 3 is 2.78 bits per heavy atom. The summed E-state index contributed by atoms with van der Waals surface area (Å²) in [5.41, 5.74) is 0.493. The Bertz CT molecular complexity index is 461. The van der Waals surface area contributed by atoms with Gasteiger partial charge in [-0.15, -0.1) is 0 Å². The first-order valence-electron chi connectivity index (χ1n) is 6.09. The van der Waals surface area contributed by atoms with Crippen molar-refractivity contribution in [3.8, 4) is 11.8 Å². The van der Waals surface area contributed by atoms with Crippen molar-refractivity contribution in [1.29, 1.82) is 5.26 Å². The molecular formula is C14H15ClINO. The van der Waals surface area contributed by atoms with E-state index in [0.29, 0.717) is 20.4 Å². The highest BCUT2D eigenvalue weighted by Gasteiger charge is 2.26. The summed E-state index contributed by atoms with van der Waals surface area (Å²) >= 11 is 8.50. The van der Waals surface area contributed by atoms with Gasteiger partial charge in [0, 0.05) is 9.99 Å². The summed E-state index contributed by atoms with van der Waals surface area (Å²) < 4.78 is 6.66. The molecule has 96 valence electrons. The number of nitriles is 1. The first-order chi connectivity index (χ1) is 8.58. The molecule has 2 rings (SSSR count). The molecule has 1 aromatic carbocycles. The lowest BCUT2D eigenvalue weighted by atomic mass is 9.88. The van der Waals surface area contributed by atoms with Gasteiger partial charge in [0.15, 0.2) is 0 Å². The number of rotatable bonds is 2. The highest BCUT2D eigenvalue weighted by atomic mass is 127. The highest BCUT2D eigenvalue weighted by molar-refractivity contribution is 14.1. The largest absolute Gasteiger partial charge is 0.490 e. The van der Waals surface area contributed by atoms with Crippen molar-refractivity contribution >= 4 is 34.2 Å². The number of nitrogens with zero attached hydrogens (tertiary/aromatic N) is 1. The van der Waals surface area contributed by atoms with Crippen molar-refractivity contribution in [3.05, 3.63) is 28.8 Å². The van der Waals surface area contributed by atoms with Gasteiger partial charge in [-0.3, -0.25) is 0 Å². The first-order valence-corrected chi connectivity index (χ1v) is 7.71. The molecule has 3 atom stereocenters. The monoisotopic (exact) mass is 375 g/mol. The average molecular weight is 376 g/mol. The molecule has 0 aromatic heterocycles. The minimum atomic E-state index is 0.264. The molecule has 1 aliphatic carbocycles. The minimum absolute atomic E-state index is 0.264. The predicted molar refractivity (Wildman–Crippen MR) is 81.4 cm³/mol. The number of hydrogen-bond donors (Lipinski definition) is 0. The van der Waals surface area contributed by atoms with E-state index in [1.54, 1.807) is 12.1 Å². The van der Waals surface area contributed by atoms with Crippen LogP contribution in [0.5, 0.6) is 5.75 Å². The van der Waals surface area contributed by atoms with Gasteiger partial charge in [-0.05, 0) is 37.3 Å². The summed E-state index contributed by atoms with van der Waals surface area (Å²) in [6.45, 7) is 2.27. The average Bonchev–Trinajstić information content (AvgIpc) is 2.27. The Labute approximate surface area is 126 Å². The maximum Gasteiger partial charge on any atom is 0.121 e. The summed E-state index contributed by atoms with van der Waals surface area (Å²) in [7, 11) is 0. The molecule has 0 bridgehead atoms. The zero-order valence-electron chi connectivity index (χ0n) is 10.2. The van der Waals surface area contributed by atoms with E-state index in [2.05, 4.69) is 35.6 Å². The van der Waals surface area contributed by atoms with Crippen LogP contribution in [0, 0.1) is 17.2 Å². The van der Waals surface area contributed by atoms with Crippen LogP contribution >= 0.6 is 34.2 Å². The molecule has 4 heteroatoms. The van der Waals surface area contributed by atoms with Gasteiger partial charge in [0.2, 0.25) is 0 Å². The summed E-state index contributed by atoms with van der Waals surface area (Å²) in [6.07, 6.45) is 3.72. The Morgan fingerprint density at radius 1 is 1.39 bits per heavy atom. The van der Waals surface area contributed by atoms with E-state index >= 15 is 0 Å². The van der Waals surface area contributed by atoms with Crippen molar-refractivity contribution in [2.45, 2.75) is 36.2 Å². The van der Waals surface area contributed by atoms with Gasteiger partial charge < -0.3 is 4.74 Å². The van der Waals surface area contributed by atoms with Crippen molar-refractivity contribution in [3.63, 3.8) is 0 Å². The van der Waals surface area contributed by atoms with Crippen LogP contribution in [0.25, 0.3) is 0 Å². The predicted octanol–water partition coefficient (Wildman–Crippen LogP) is 4.58. The SMILES string of the molecule is C[C@@H]1C[C@@H](I)C[C@H](Oc2ccc(C#N)c(Cl)c2)C1. The second kappa shape index (κ2) is 6.12. The Morgan fingerprint density at radius 2 is 2.17 bits per heavy atom. The lowest BCUT2D eigenvalue weighted by Crippen LogP contribution is -2.29. The normalized spacial score (nSPS) is 27.6. The molecule has 0 spiro atoms. The van der Waals surface area contributed by atoms with E-state index in [1.807, 2.05) is 6.07 Å². The molecule has 2 nitrogen and oxygen atoms in total. The van der Waals surface area contributed by atoms with Gasteiger partial charge in [0.25, 0.3) is 0 Å². The molecule has 1 fully saturated rings. The molecule has 0 unspecified atom stereocenters. The van der Waals surface area contributed by atoms with Crippen LogP contribution in [-0.2, 0) is 0 Å². The van der Waals surface area contributed by atoms with Crippen LogP contribution in [0.1, 0.15) is 31.7 Å². The van der Waals surface area contributed by atoms with Gasteiger partial charge in [-0.1, -0.05) is 41.1 Å². The van der Waals surface area contributed by atoms with Crippen LogP contribution in [0.3, 0.4) is 0 Å². The summed E-state index contributed by atoms with van der Waals surface area (Å²) in [5.74, 6) is 1.47. The molecule has 0 N–H and O–H groups in total. The van der Waals surface area contributed by atoms with Crippen LogP contribution < -0.4 is 4.74 Å². The topological polar surface area (TPSA) is 33.0 Å². The second-order valence-corrected chi connectivity index (χ2v) is 7.07. The van der Waals surface area contributed by atoms with Gasteiger partial charge in [0.05, 0.1) is 16.7 Å². The van der Waals surface area contributed by atoms with Gasteiger partial charge in [0.1, 0.15) is 11.8 Å². The summed E-state index contributed by atoms with van der Waals surface area (Å²) in [5, 5.41) is 9.29. The molecule has 0 saturated heterocycles. The lowest BCUT2D eigenvalue weighted by molar-refractivity contribution is 0.135. The third kappa shape index (κ3) is 3.52. The molecule has 1 aromatic rings. The lowest BCUT2D eigenvalue weighted by Gasteiger charge is -2.30. The molecule has 1 saturated carbocycles. The highest BCUT2D eigenvalue weighted by Crippen LogP contribution is 2.32. The molecule has 1 aliphatic rings. The molecular weight excluding hydrogens is 361 g/mol. The quantitative estimate of drug-likeness (QED) is 0.560. The van der Waals surface area contributed by atoms with Crippen molar-refractivity contribution in [1.82, 2.24) is 0 Å². The van der Waals surface area contributed by atoms with Crippen molar-refractivity contribution < 1.29 is 4.74 Å². The summed E-state index contributed by atoms with van der Waals surface area (Å²) in [4.78, 5) is 0. The van der Waals surface area contributed by atoms with E-state index in [0.717, 1.165) is 18.6 Å². The third-order valence-electron chi connectivity index (χ3n) is 3.21. The summed E-state index contributed by atoms with van der Waals surface area (Å²) in [6, 6.07) is 7.33. The molecule has 0 aliphatic heterocycles. The number of ether oxygens (including phenoxy) is 1. The zero-order chi connectivity index (χ0) is 13.1. The van der Waals surface area contributed by atoms with E-state index in [9.17, 15) is 0 Å². The van der Waals surface area contributed by atoms with Crippen molar-refractivity contribution in [2.24, 2.45) is 5.92 Å². The number of halogens is 2. The Hall–Kier alpha value is -0.470. The van der Waals surface area contributed by atoms with Gasteiger partial charge >= 0.3 is 0 Å². The van der Waals surface area contributed by atoms with E-state index in [-0.39, 0.29) is 6.10 Å². The van der Waals surface area contributed by atoms with Gasteiger partial charge in [-0.25, -0.2) is 0 Å². The standard InChI is InChI=1S/C14H15ClINO/c1-9-4-11(16)6-13(5-9)18-12-3-2-10(8-17)14(15)7-12/h2-3,7,9,11,13H,4-6H2,1H3/t9-,11-,13-/m1/s1. The van der Waals surface area contributed by atoms with Crippen LogP contribution in [0.4, 0.5) is 0 Å². The number of benzene rings is 1. The first kappa shape index (κ1) is 14.0. The molecule has 0 amide bonds. The van der Waals surface area contributed by atoms with Crippen LogP contribution in [0.15, 0.2) is 18.2 Å². The smallest absolute Gasteiger partial charge is 0.121 e. The van der Waals surface area contributed by atoms with Gasteiger partial charge in [-0.2, -0.15) is 5.26 Å². The van der Waals surface area contributed by atoms with Crippen LogP contribution in [-0.4, -0.2) is 10.0 Å². The van der Waals surface area contributed by atoms with Crippen LogP contribution in [0.2, 0.25) is 5.02 Å². The Kier molecular flexibility index (Phi) is 4.74. The van der Waals surface area contributed by atoms with E-state index < -0.39 is 0 Å². The minimum Gasteiger partial charge on any atom is -0.490 e. The maximum atomic E-state index is 8.82. The Balaban J connectivity index is 2.05. The fourth-order valence-electron chi connectivity index (χ4n) is 2.41. The number of alkyl halides is 1. The molecule has 0 radical (unpaired) electrons. The fourth-order valence-corrected chi connectivity index (χ4v) is 4.06. The fraction of sp³-hybridized carbons (Fsp3) is 0.500. The second-order valence-electron chi connectivity index (χ2n) is 4.90. The van der Waals surface area contributed by atoms with Crippen molar-refractivity contribution in [2.75, 3.05) is 0 Å². The third-order valence-corrected chi connectivity index (χ3v) is 4.54. The molecule has 18 heavy (non-hydrogen) atoms. The van der Waals surface area contributed by atoms with E-state index in [1.165, 1.54) is 6.42 Å². The maximum absolute atomic E-state index is 8.82. The van der Waals surface area contributed by atoms with E-state index in [4.69, 9.17) is 21.6 Å².